The van der Waals surface area contributed by atoms with E-state index >= 15 is 0 Å². The number of aliphatic hydroxyl groups excluding tert-OH is 1. The van der Waals surface area contributed by atoms with Gasteiger partial charge in [0.1, 0.15) is 0 Å². The van der Waals surface area contributed by atoms with Crippen LogP contribution in [0.1, 0.15) is 24.0 Å². The highest BCUT2D eigenvalue weighted by atomic mass is 32.2. The fourth-order valence-electron chi connectivity index (χ4n) is 1.86. The summed E-state index contributed by atoms with van der Waals surface area (Å²) in [7, 11) is 0. The van der Waals surface area contributed by atoms with Gasteiger partial charge in [-0.2, -0.15) is 11.8 Å². The molecule has 94 valence electrons. The standard InChI is InChI=1S/C14H21NOS/c1-11-3-2-4-12(7-11)9-17-10-14(8-16)15-13-5-6-13/h2-4,7,13-16H,5-6,8-10H2,1H3. The van der Waals surface area contributed by atoms with Gasteiger partial charge < -0.3 is 10.4 Å². The van der Waals surface area contributed by atoms with E-state index in [1.54, 1.807) is 0 Å². The van der Waals surface area contributed by atoms with E-state index in [9.17, 15) is 5.11 Å². The first-order chi connectivity index (χ1) is 8.28. The Hall–Kier alpha value is -0.510. The lowest BCUT2D eigenvalue weighted by molar-refractivity contribution is 0.253. The van der Waals surface area contributed by atoms with E-state index in [0.717, 1.165) is 11.5 Å². The predicted octanol–water partition coefficient (Wildman–Crippen LogP) is 2.34. The Labute approximate surface area is 108 Å². The molecular weight excluding hydrogens is 230 g/mol. The highest BCUT2D eigenvalue weighted by molar-refractivity contribution is 7.98. The minimum Gasteiger partial charge on any atom is -0.395 e. The molecule has 17 heavy (non-hydrogen) atoms. The number of hydrogen-bond donors (Lipinski definition) is 2. The van der Waals surface area contributed by atoms with Crippen molar-refractivity contribution in [3.8, 4) is 0 Å². The largest absolute Gasteiger partial charge is 0.395 e. The molecule has 1 aromatic carbocycles. The molecule has 1 fully saturated rings. The van der Waals surface area contributed by atoms with Crippen molar-refractivity contribution in [1.82, 2.24) is 5.32 Å². The van der Waals surface area contributed by atoms with Gasteiger partial charge in [-0.05, 0) is 25.3 Å². The maximum absolute atomic E-state index is 9.27. The van der Waals surface area contributed by atoms with Crippen LogP contribution in [0.3, 0.4) is 0 Å². The molecule has 1 saturated carbocycles. The summed E-state index contributed by atoms with van der Waals surface area (Å²) < 4.78 is 0. The Kier molecular flexibility index (Phi) is 4.89. The van der Waals surface area contributed by atoms with Crippen LogP contribution in [0.15, 0.2) is 24.3 Å². The van der Waals surface area contributed by atoms with Crippen LogP contribution in [0.5, 0.6) is 0 Å². The van der Waals surface area contributed by atoms with Crippen molar-refractivity contribution in [2.45, 2.75) is 37.6 Å². The van der Waals surface area contributed by atoms with Crippen molar-refractivity contribution in [3.63, 3.8) is 0 Å². The Morgan fingerprint density at radius 2 is 2.29 bits per heavy atom. The highest BCUT2D eigenvalue weighted by Crippen LogP contribution is 2.21. The summed E-state index contributed by atoms with van der Waals surface area (Å²) in [6, 6.07) is 9.57. The molecular formula is C14H21NOS. The number of nitrogens with one attached hydrogen (secondary N) is 1. The highest BCUT2D eigenvalue weighted by Gasteiger charge is 2.23. The van der Waals surface area contributed by atoms with E-state index in [4.69, 9.17) is 0 Å². The van der Waals surface area contributed by atoms with E-state index in [2.05, 4.69) is 36.5 Å². The second-order valence-electron chi connectivity index (χ2n) is 4.82. The number of aryl methyl sites for hydroxylation is 1. The average molecular weight is 251 g/mol. The fourth-order valence-corrected chi connectivity index (χ4v) is 2.88. The lowest BCUT2D eigenvalue weighted by Gasteiger charge is -2.15. The average Bonchev–Trinajstić information content (AvgIpc) is 3.12. The number of thioether (sulfide) groups is 1. The molecule has 2 nitrogen and oxygen atoms in total. The zero-order valence-corrected chi connectivity index (χ0v) is 11.2. The Morgan fingerprint density at radius 3 is 2.94 bits per heavy atom. The van der Waals surface area contributed by atoms with E-state index in [1.165, 1.54) is 24.0 Å². The first kappa shape index (κ1) is 12.9. The molecule has 1 unspecified atom stereocenters. The molecule has 0 heterocycles. The molecule has 0 radical (unpaired) electrons. The van der Waals surface area contributed by atoms with Crippen molar-refractivity contribution >= 4 is 11.8 Å². The quantitative estimate of drug-likeness (QED) is 0.780. The molecule has 0 saturated heterocycles. The van der Waals surface area contributed by atoms with Gasteiger partial charge in [0.05, 0.1) is 6.61 Å². The summed E-state index contributed by atoms with van der Waals surface area (Å²) in [5.74, 6) is 2.02. The molecule has 0 spiro atoms. The van der Waals surface area contributed by atoms with Crippen molar-refractivity contribution in [3.05, 3.63) is 35.4 Å². The van der Waals surface area contributed by atoms with Crippen LogP contribution in [-0.2, 0) is 5.75 Å². The lowest BCUT2D eigenvalue weighted by Crippen LogP contribution is -2.36. The molecule has 1 aliphatic carbocycles. The molecule has 1 aromatic rings. The molecule has 1 aliphatic rings. The van der Waals surface area contributed by atoms with Gasteiger partial charge in [0, 0.05) is 23.6 Å². The summed E-state index contributed by atoms with van der Waals surface area (Å²) in [5, 5.41) is 12.7. The molecule has 3 heteroatoms. The Bertz CT molecular complexity index is 352. The molecule has 2 rings (SSSR count). The first-order valence-corrected chi connectivity index (χ1v) is 7.43. The first-order valence-electron chi connectivity index (χ1n) is 6.28. The zero-order valence-electron chi connectivity index (χ0n) is 10.4. The van der Waals surface area contributed by atoms with Gasteiger partial charge in [0.25, 0.3) is 0 Å². The molecule has 2 N–H and O–H groups in total. The van der Waals surface area contributed by atoms with Gasteiger partial charge in [-0.25, -0.2) is 0 Å². The third kappa shape index (κ3) is 4.70. The SMILES string of the molecule is Cc1cccc(CSCC(CO)NC2CC2)c1. The molecule has 1 atom stereocenters. The maximum atomic E-state index is 9.27. The smallest absolute Gasteiger partial charge is 0.0592 e. The third-order valence-electron chi connectivity index (χ3n) is 2.94. The lowest BCUT2D eigenvalue weighted by atomic mass is 10.2. The van der Waals surface area contributed by atoms with Crippen LogP contribution < -0.4 is 5.32 Å². The minimum absolute atomic E-state index is 0.247. The van der Waals surface area contributed by atoms with Crippen LogP contribution >= 0.6 is 11.8 Å². The summed E-state index contributed by atoms with van der Waals surface area (Å²) in [6.45, 7) is 2.37. The normalized spacial score (nSPS) is 17.1. The van der Waals surface area contributed by atoms with E-state index in [1.807, 2.05) is 11.8 Å². The van der Waals surface area contributed by atoms with Gasteiger partial charge in [-0.1, -0.05) is 29.8 Å². The van der Waals surface area contributed by atoms with Gasteiger partial charge in [0.2, 0.25) is 0 Å². The monoisotopic (exact) mass is 251 g/mol. The molecule has 0 amide bonds. The van der Waals surface area contributed by atoms with Crippen molar-refractivity contribution in [2.75, 3.05) is 12.4 Å². The fraction of sp³-hybridized carbons (Fsp3) is 0.571. The maximum Gasteiger partial charge on any atom is 0.0592 e. The van der Waals surface area contributed by atoms with Gasteiger partial charge in [-0.15, -0.1) is 0 Å². The number of hydrogen-bond acceptors (Lipinski definition) is 3. The second-order valence-corrected chi connectivity index (χ2v) is 5.85. The van der Waals surface area contributed by atoms with Gasteiger partial charge >= 0.3 is 0 Å². The summed E-state index contributed by atoms with van der Waals surface area (Å²) in [5.41, 5.74) is 2.69. The van der Waals surface area contributed by atoms with Crippen LogP contribution in [0.25, 0.3) is 0 Å². The zero-order chi connectivity index (χ0) is 12.1. The number of aliphatic hydroxyl groups is 1. The second kappa shape index (κ2) is 6.43. The topological polar surface area (TPSA) is 32.3 Å². The van der Waals surface area contributed by atoms with E-state index in [0.29, 0.717) is 6.04 Å². The van der Waals surface area contributed by atoms with Crippen LogP contribution in [0.4, 0.5) is 0 Å². The van der Waals surface area contributed by atoms with Crippen molar-refractivity contribution < 1.29 is 5.11 Å². The van der Waals surface area contributed by atoms with E-state index in [-0.39, 0.29) is 12.6 Å². The van der Waals surface area contributed by atoms with Crippen LogP contribution in [0, 0.1) is 6.92 Å². The van der Waals surface area contributed by atoms with Crippen molar-refractivity contribution in [1.29, 1.82) is 0 Å². The van der Waals surface area contributed by atoms with Gasteiger partial charge in [0.15, 0.2) is 0 Å². The molecule has 0 aliphatic heterocycles. The molecule has 0 aromatic heterocycles. The Morgan fingerprint density at radius 1 is 1.47 bits per heavy atom. The minimum atomic E-state index is 0.247. The van der Waals surface area contributed by atoms with Crippen molar-refractivity contribution in [2.24, 2.45) is 0 Å². The number of rotatable bonds is 7. The third-order valence-corrected chi connectivity index (χ3v) is 4.11. The van der Waals surface area contributed by atoms with E-state index < -0.39 is 0 Å². The van der Waals surface area contributed by atoms with Gasteiger partial charge in [-0.3, -0.25) is 0 Å². The predicted molar refractivity (Wildman–Crippen MR) is 74.4 cm³/mol. The summed E-state index contributed by atoms with van der Waals surface area (Å²) >= 11 is 1.89. The summed E-state index contributed by atoms with van der Waals surface area (Å²) in [6.07, 6.45) is 2.55. The molecule has 0 bridgehead atoms. The number of benzene rings is 1. The summed E-state index contributed by atoms with van der Waals surface area (Å²) in [4.78, 5) is 0. The van der Waals surface area contributed by atoms with Crippen LogP contribution in [-0.4, -0.2) is 29.5 Å². The Balaban J connectivity index is 1.70. The van der Waals surface area contributed by atoms with Crippen LogP contribution in [0.2, 0.25) is 0 Å².